The summed E-state index contributed by atoms with van der Waals surface area (Å²) in [6, 6.07) is 10.2. The number of pyridine rings is 1. The molecule has 0 bridgehead atoms. The van der Waals surface area contributed by atoms with Crippen LogP contribution in [0.3, 0.4) is 0 Å². The van der Waals surface area contributed by atoms with Gasteiger partial charge >= 0.3 is 5.97 Å². The number of hydrogen-bond donors (Lipinski definition) is 2. The number of carboxylic acid groups (broad SMARTS) is 1. The van der Waals surface area contributed by atoms with Gasteiger partial charge in [-0.15, -0.1) is 0 Å². The summed E-state index contributed by atoms with van der Waals surface area (Å²) in [6.45, 7) is 1.86. The number of nitrogens with one attached hydrogen (secondary N) is 1. The van der Waals surface area contributed by atoms with Gasteiger partial charge < -0.3 is 10.4 Å². The minimum absolute atomic E-state index is 0.349. The SMILES string of the molecule is Cc1c(C(=O)NC(CC2CC2)C(=O)O)cccc1-c1ccccn1. The van der Waals surface area contributed by atoms with Gasteiger partial charge in [0.15, 0.2) is 0 Å². The Balaban J connectivity index is 1.83. The third kappa shape index (κ3) is 3.62. The van der Waals surface area contributed by atoms with Crippen molar-refractivity contribution < 1.29 is 14.7 Å². The van der Waals surface area contributed by atoms with Crippen LogP contribution in [0.1, 0.15) is 35.2 Å². The molecule has 0 radical (unpaired) electrons. The van der Waals surface area contributed by atoms with Crippen LogP contribution in [0.5, 0.6) is 0 Å². The molecule has 1 saturated carbocycles. The second-order valence-electron chi connectivity index (χ2n) is 6.24. The molecule has 5 nitrogen and oxygen atoms in total. The van der Waals surface area contributed by atoms with Gasteiger partial charge in [0.1, 0.15) is 6.04 Å². The summed E-state index contributed by atoms with van der Waals surface area (Å²) in [4.78, 5) is 28.3. The van der Waals surface area contributed by atoms with Crippen LogP contribution in [0.2, 0.25) is 0 Å². The topological polar surface area (TPSA) is 79.3 Å². The summed E-state index contributed by atoms with van der Waals surface area (Å²) >= 11 is 0. The van der Waals surface area contributed by atoms with E-state index in [0.717, 1.165) is 29.7 Å². The number of benzene rings is 1. The summed E-state index contributed by atoms with van der Waals surface area (Å²) in [5, 5.41) is 12.0. The Bertz CT molecular complexity index is 754. The first-order valence-corrected chi connectivity index (χ1v) is 8.11. The van der Waals surface area contributed by atoms with E-state index in [0.29, 0.717) is 17.9 Å². The maximum atomic E-state index is 12.6. The molecule has 1 unspecified atom stereocenters. The van der Waals surface area contributed by atoms with E-state index in [-0.39, 0.29) is 5.91 Å². The standard InChI is InChI=1S/C19H20N2O3/c1-12-14(16-7-2-3-10-20-16)5-4-6-15(12)18(22)21-17(19(23)24)11-13-8-9-13/h2-7,10,13,17H,8-9,11H2,1H3,(H,21,22)(H,23,24). The van der Waals surface area contributed by atoms with Crippen LogP contribution in [0.25, 0.3) is 11.3 Å². The molecule has 3 rings (SSSR count). The molecular formula is C19H20N2O3. The second-order valence-corrected chi connectivity index (χ2v) is 6.24. The first kappa shape index (κ1) is 16.2. The number of aliphatic carboxylic acids is 1. The lowest BCUT2D eigenvalue weighted by atomic mass is 9.98. The van der Waals surface area contributed by atoms with Crippen molar-refractivity contribution in [3.63, 3.8) is 0 Å². The number of rotatable bonds is 6. The lowest BCUT2D eigenvalue weighted by molar-refractivity contribution is -0.139. The maximum absolute atomic E-state index is 12.6. The fourth-order valence-corrected chi connectivity index (χ4v) is 2.83. The lowest BCUT2D eigenvalue weighted by Crippen LogP contribution is -2.41. The zero-order valence-corrected chi connectivity index (χ0v) is 13.5. The smallest absolute Gasteiger partial charge is 0.326 e. The molecule has 0 aliphatic heterocycles. The first-order valence-electron chi connectivity index (χ1n) is 8.11. The Morgan fingerprint density at radius 3 is 2.67 bits per heavy atom. The van der Waals surface area contributed by atoms with Crippen molar-refractivity contribution in [2.24, 2.45) is 5.92 Å². The highest BCUT2D eigenvalue weighted by molar-refractivity contribution is 5.99. The van der Waals surface area contributed by atoms with Crippen molar-refractivity contribution in [1.29, 1.82) is 0 Å². The van der Waals surface area contributed by atoms with Gasteiger partial charge in [0.2, 0.25) is 0 Å². The third-order valence-corrected chi connectivity index (χ3v) is 4.39. The largest absolute Gasteiger partial charge is 0.480 e. The van der Waals surface area contributed by atoms with Crippen molar-refractivity contribution in [3.05, 3.63) is 53.7 Å². The quantitative estimate of drug-likeness (QED) is 0.856. The van der Waals surface area contributed by atoms with Gasteiger partial charge in [-0.05, 0) is 43.0 Å². The van der Waals surface area contributed by atoms with Gasteiger partial charge in [0.05, 0.1) is 5.69 Å². The number of nitrogens with zero attached hydrogens (tertiary/aromatic N) is 1. The minimum Gasteiger partial charge on any atom is -0.480 e. The van der Waals surface area contributed by atoms with Gasteiger partial charge in [0, 0.05) is 17.3 Å². The maximum Gasteiger partial charge on any atom is 0.326 e. The van der Waals surface area contributed by atoms with Crippen LogP contribution >= 0.6 is 0 Å². The molecule has 24 heavy (non-hydrogen) atoms. The summed E-state index contributed by atoms with van der Waals surface area (Å²) in [5.74, 6) is -0.903. The van der Waals surface area contributed by atoms with Crippen LogP contribution in [0.15, 0.2) is 42.6 Å². The highest BCUT2D eigenvalue weighted by Crippen LogP contribution is 2.33. The third-order valence-electron chi connectivity index (χ3n) is 4.39. The molecule has 1 aliphatic carbocycles. The molecule has 1 aromatic carbocycles. The Labute approximate surface area is 140 Å². The van der Waals surface area contributed by atoms with Gasteiger partial charge in [-0.2, -0.15) is 0 Å². The molecule has 0 spiro atoms. The number of carboxylic acids is 1. The van der Waals surface area contributed by atoms with Crippen molar-refractivity contribution >= 4 is 11.9 Å². The van der Waals surface area contributed by atoms with Crippen molar-refractivity contribution in [2.45, 2.75) is 32.2 Å². The molecule has 1 atom stereocenters. The predicted molar refractivity (Wildman–Crippen MR) is 90.6 cm³/mol. The lowest BCUT2D eigenvalue weighted by Gasteiger charge is -2.16. The van der Waals surface area contributed by atoms with E-state index in [4.69, 9.17) is 0 Å². The van der Waals surface area contributed by atoms with E-state index in [2.05, 4.69) is 10.3 Å². The molecule has 0 saturated heterocycles. The average molecular weight is 324 g/mol. The van der Waals surface area contributed by atoms with E-state index in [1.807, 2.05) is 31.2 Å². The van der Waals surface area contributed by atoms with Crippen LogP contribution in [-0.2, 0) is 4.79 Å². The van der Waals surface area contributed by atoms with Crippen molar-refractivity contribution in [2.75, 3.05) is 0 Å². The van der Waals surface area contributed by atoms with E-state index in [1.165, 1.54) is 0 Å². The molecule has 1 fully saturated rings. The summed E-state index contributed by atoms with van der Waals surface area (Å²) in [6.07, 6.45) is 4.30. The average Bonchev–Trinajstić information content (AvgIpc) is 3.39. The van der Waals surface area contributed by atoms with Crippen LogP contribution in [0.4, 0.5) is 0 Å². The summed E-state index contributed by atoms with van der Waals surface area (Å²) < 4.78 is 0. The van der Waals surface area contributed by atoms with Crippen LogP contribution in [0, 0.1) is 12.8 Å². The van der Waals surface area contributed by atoms with E-state index in [9.17, 15) is 14.7 Å². The normalized spacial score (nSPS) is 14.9. The molecule has 1 heterocycles. The second kappa shape index (κ2) is 6.83. The first-order chi connectivity index (χ1) is 11.6. The monoisotopic (exact) mass is 324 g/mol. The molecular weight excluding hydrogens is 304 g/mol. The summed E-state index contributed by atoms with van der Waals surface area (Å²) in [7, 11) is 0. The molecule has 1 amide bonds. The molecule has 124 valence electrons. The zero-order chi connectivity index (χ0) is 17.1. The van der Waals surface area contributed by atoms with E-state index < -0.39 is 12.0 Å². The van der Waals surface area contributed by atoms with E-state index in [1.54, 1.807) is 18.3 Å². The number of carbonyl (C=O) groups is 2. The number of carbonyl (C=O) groups excluding carboxylic acids is 1. The molecule has 1 aromatic heterocycles. The Morgan fingerprint density at radius 1 is 1.25 bits per heavy atom. The highest BCUT2D eigenvalue weighted by Gasteiger charge is 2.30. The number of hydrogen-bond acceptors (Lipinski definition) is 3. The van der Waals surface area contributed by atoms with Gasteiger partial charge in [-0.25, -0.2) is 4.79 Å². The van der Waals surface area contributed by atoms with Gasteiger partial charge in [0.25, 0.3) is 5.91 Å². The zero-order valence-electron chi connectivity index (χ0n) is 13.5. The predicted octanol–water partition coefficient (Wildman–Crippen LogP) is 3.04. The Kier molecular flexibility index (Phi) is 4.60. The molecule has 1 aliphatic rings. The molecule has 2 aromatic rings. The Hall–Kier alpha value is -2.69. The molecule has 2 N–H and O–H groups in total. The van der Waals surface area contributed by atoms with Gasteiger partial charge in [-0.1, -0.05) is 31.0 Å². The van der Waals surface area contributed by atoms with Crippen molar-refractivity contribution in [3.8, 4) is 11.3 Å². The number of amides is 1. The fourth-order valence-electron chi connectivity index (χ4n) is 2.83. The molecule has 5 heteroatoms. The summed E-state index contributed by atoms with van der Waals surface area (Å²) in [5.41, 5.74) is 2.94. The van der Waals surface area contributed by atoms with Gasteiger partial charge in [-0.3, -0.25) is 9.78 Å². The highest BCUT2D eigenvalue weighted by atomic mass is 16.4. The number of aromatic nitrogens is 1. The minimum atomic E-state index is -0.978. The van der Waals surface area contributed by atoms with E-state index >= 15 is 0 Å². The van der Waals surface area contributed by atoms with Crippen molar-refractivity contribution in [1.82, 2.24) is 10.3 Å². The van der Waals surface area contributed by atoms with Crippen LogP contribution in [-0.4, -0.2) is 28.0 Å². The Morgan fingerprint density at radius 2 is 2.04 bits per heavy atom. The fraction of sp³-hybridized carbons (Fsp3) is 0.316. The van der Waals surface area contributed by atoms with Crippen LogP contribution < -0.4 is 5.32 Å².